The largest absolute Gasteiger partial charge is 0.488 e. The van der Waals surface area contributed by atoms with Gasteiger partial charge in [0.1, 0.15) is 12.4 Å². The van der Waals surface area contributed by atoms with Gasteiger partial charge in [-0.25, -0.2) is 4.79 Å². The third-order valence-corrected chi connectivity index (χ3v) is 2.85. The van der Waals surface area contributed by atoms with Crippen molar-refractivity contribution in [1.82, 2.24) is 4.98 Å². The molecule has 1 aromatic heterocycles. The number of nitrogens with two attached hydrogens (primary N) is 1. The van der Waals surface area contributed by atoms with Crippen molar-refractivity contribution < 1.29 is 9.53 Å². The van der Waals surface area contributed by atoms with Gasteiger partial charge < -0.3 is 15.8 Å². The summed E-state index contributed by atoms with van der Waals surface area (Å²) in [5, 5.41) is 2.60. The number of anilines is 1. The Morgan fingerprint density at radius 2 is 2.28 bits per heavy atom. The number of carbonyl (C=O) groups excluding carboxylic acids is 1. The number of pyridine rings is 1. The van der Waals surface area contributed by atoms with Crippen molar-refractivity contribution in [2.75, 3.05) is 5.32 Å². The number of fused-ring (bicyclic) bond motifs is 3. The monoisotopic (exact) mass is 241 g/mol. The summed E-state index contributed by atoms with van der Waals surface area (Å²) in [6, 6.07) is 6.76. The highest BCUT2D eigenvalue weighted by Crippen LogP contribution is 2.41. The van der Waals surface area contributed by atoms with Crippen LogP contribution in [0.1, 0.15) is 5.56 Å². The quantitative estimate of drug-likeness (QED) is 0.802. The average Bonchev–Trinajstić information content (AvgIpc) is 2.38. The van der Waals surface area contributed by atoms with E-state index in [1.165, 1.54) is 0 Å². The third-order valence-electron chi connectivity index (χ3n) is 2.85. The fraction of sp³-hybridized carbons (Fsp3) is 0.0769. The molecule has 0 saturated heterocycles. The van der Waals surface area contributed by atoms with E-state index < -0.39 is 6.03 Å². The molecule has 0 aliphatic carbocycles. The molecule has 5 heteroatoms. The Morgan fingerprint density at radius 1 is 1.39 bits per heavy atom. The lowest BCUT2D eigenvalue weighted by atomic mass is 9.97. The molecule has 0 unspecified atom stereocenters. The van der Waals surface area contributed by atoms with Crippen LogP contribution in [0.5, 0.6) is 5.75 Å². The van der Waals surface area contributed by atoms with E-state index in [2.05, 4.69) is 10.3 Å². The number of aromatic nitrogens is 1. The van der Waals surface area contributed by atoms with Crippen molar-refractivity contribution in [3.63, 3.8) is 0 Å². The first-order valence-corrected chi connectivity index (χ1v) is 5.51. The second-order valence-electron chi connectivity index (χ2n) is 3.99. The number of ether oxygens (including phenoxy) is 1. The zero-order valence-corrected chi connectivity index (χ0v) is 9.51. The second kappa shape index (κ2) is 4.03. The highest BCUT2D eigenvalue weighted by Gasteiger charge is 2.20. The fourth-order valence-corrected chi connectivity index (χ4v) is 2.10. The minimum Gasteiger partial charge on any atom is -0.488 e. The Kier molecular flexibility index (Phi) is 2.37. The molecule has 3 N–H and O–H groups in total. The topological polar surface area (TPSA) is 77.2 Å². The molecule has 2 aromatic rings. The van der Waals surface area contributed by atoms with Gasteiger partial charge in [0, 0.05) is 29.1 Å². The highest BCUT2D eigenvalue weighted by atomic mass is 16.5. The van der Waals surface area contributed by atoms with Crippen molar-refractivity contribution in [3.8, 4) is 16.9 Å². The predicted molar refractivity (Wildman–Crippen MR) is 67.2 cm³/mol. The van der Waals surface area contributed by atoms with Crippen LogP contribution in [-0.2, 0) is 6.61 Å². The summed E-state index contributed by atoms with van der Waals surface area (Å²) in [4.78, 5) is 15.1. The van der Waals surface area contributed by atoms with Crippen LogP contribution in [0, 0.1) is 0 Å². The number of primary amides is 1. The molecule has 1 aromatic carbocycles. The molecule has 3 rings (SSSR count). The van der Waals surface area contributed by atoms with Gasteiger partial charge in [-0.05, 0) is 18.2 Å². The van der Waals surface area contributed by atoms with Crippen molar-refractivity contribution in [2.24, 2.45) is 5.73 Å². The van der Waals surface area contributed by atoms with E-state index in [9.17, 15) is 4.79 Å². The molecule has 0 fully saturated rings. The second-order valence-corrected chi connectivity index (χ2v) is 3.99. The lowest BCUT2D eigenvalue weighted by Crippen LogP contribution is -2.20. The van der Waals surface area contributed by atoms with Crippen molar-refractivity contribution in [1.29, 1.82) is 0 Å². The van der Waals surface area contributed by atoms with E-state index in [1.807, 2.05) is 18.2 Å². The minimum atomic E-state index is -0.598. The van der Waals surface area contributed by atoms with E-state index in [1.54, 1.807) is 18.5 Å². The maximum absolute atomic E-state index is 11.0. The number of rotatable bonds is 1. The minimum absolute atomic E-state index is 0.505. The Hall–Kier alpha value is -2.56. The molecule has 2 amide bonds. The summed E-state index contributed by atoms with van der Waals surface area (Å²) in [5.41, 5.74) is 8.63. The molecule has 1 aliphatic rings. The zero-order chi connectivity index (χ0) is 12.5. The van der Waals surface area contributed by atoms with E-state index >= 15 is 0 Å². The van der Waals surface area contributed by atoms with Crippen LogP contribution in [0.25, 0.3) is 11.1 Å². The molecular weight excluding hydrogens is 230 g/mol. The number of nitrogens with zero attached hydrogens (tertiary/aromatic N) is 1. The van der Waals surface area contributed by atoms with Crippen LogP contribution in [0.3, 0.4) is 0 Å². The lowest BCUT2D eigenvalue weighted by molar-refractivity contribution is 0.259. The lowest BCUT2D eigenvalue weighted by Gasteiger charge is -2.22. The third kappa shape index (κ3) is 1.66. The number of hydrogen-bond acceptors (Lipinski definition) is 3. The van der Waals surface area contributed by atoms with Gasteiger partial charge in [0.15, 0.2) is 0 Å². The molecule has 0 spiro atoms. The van der Waals surface area contributed by atoms with Gasteiger partial charge in [0.05, 0.1) is 5.69 Å². The molecule has 0 bridgehead atoms. The maximum atomic E-state index is 11.0. The molecule has 5 nitrogen and oxygen atoms in total. The van der Waals surface area contributed by atoms with Gasteiger partial charge in [0.2, 0.25) is 0 Å². The van der Waals surface area contributed by atoms with Crippen LogP contribution < -0.4 is 15.8 Å². The van der Waals surface area contributed by atoms with Gasteiger partial charge in [-0.15, -0.1) is 0 Å². The number of nitrogens with one attached hydrogen (secondary N) is 1. The average molecular weight is 241 g/mol. The van der Waals surface area contributed by atoms with E-state index in [4.69, 9.17) is 10.5 Å². The van der Waals surface area contributed by atoms with Gasteiger partial charge in [-0.1, -0.05) is 6.07 Å². The van der Waals surface area contributed by atoms with Crippen LogP contribution >= 0.6 is 0 Å². The van der Waals surface area contributed by atoms with Crippen LogP contribution in [0.15, 0.2) is 36.7 Å². The van der Waals surface area contributed by atoms with E-state index in [0.29, 0.717) is 12.3 Å². The molecule has 2 heterocycles. The van der Waals surface area contributed by atoms with Crippen molar-refractivity contribution in [2.45, 2.75) is 6.61 Å². The zero-order valence-electron chi connectivity index (χ0n) is 9.51. The van der Waals surface area contributed by atoms with Gasteiger partial charge >= 0.3 is 6.03 Å². The first-order valence-electron chi connectivity index (χ1n) is 5.51. The Labute approximate surface area is 104 Å². The van der Waals surface area contributed by atoms with Crippen molar-refractivity contribution >= 4 is 11.7 Å². The molecule has 18 heavy (non-hydrogen) atoms. The first-order chi connectivity index (χ1) is 8.75. The predicted octanol–water partition coefficient (Wildman–Crippen LogP) is 2.13. The SMILES string of the molecule is NC(=O)Nc1cccc2c1-c1cnccc1CO2. The Balaban J connectivity index is 2.21. The number of hydrogen-bond donors (Lipinski definition) is 2. The number of urea groups is 1. The van der Waals surface area contributed by atoms with Crippen LogP contribution in [0.2, 0.25) is 0 Å². The first kappa shape index (κ1) is 10.6. The highest BCUT2D eigenvalue weighted by molar-refractivity contribution is 5.96. The smallest absolute Gasteiger partial charge is 0.316 e. The molecule has 0 atom stereocenters. The van der Waals surface area contributed by atoms with E-state index in [0.717, 1.165) is 22.4 Å². The summed E-state index contributed by atoms with van der Waals surface area (Å²) in [5.74, 6) is 0.724. The molecule has 0 radical (unpaired) electrons. The molecule has 1 aliphatic heterocycles. The number of carbonyl (C=O) groups is 1. The van der Waals surface area contributed by atoms with Gasteiger partial charge in [0.25, 0.3) is 0 Å². The summed E-state index contributed by atoms with van der Waals surface area (Å²) in [6.07, 6.45) is 3.49. The Bertz CT molecular complexity index is 625. The molecule has 90 valence electrons. The number of amides is 2. The van der Waals surface area contributed by atoms with Crippen LogP contribution in [-0.4, -0.2) is 11.0 Å². The molecular formula is C13H11N3O2. The number of benzene rings is 1. The van der Waals surface area contributed by atoms with Gasteiger partial charge in [-0.3, -0.25) is 4.98 Å². The summed E-state index contributed by atoms with van der Waals surface area (Å²) in [7, 11) is 0. The van der Waals surface area contributed by atoms with Crippen LogP contribution in [0.4, 0.5) is 10.5 Å². The van der Waals surface area contributed by atoms with E-state index in [-0.39, 0.29) is 0 Å². The standard InChI is InChI=1S/C13H11N3O2/c14-13(17)16-10-2-1-3-11-12(10)9-6-15-5-4-8(9)7-18-11/h1-6H,7H2,(H3,14,16,17). The fourth-order valence-electron chi connectivity index (χ4n) is 2.10. The summed E-state index contributed by atoms with van der Waals surface area (Å²) in [6.45, 7) is 0.505. The maximum Gasteiger partial charge on any atom is 0.316 e. The normalized spacial score (nSPS) is 12.0. The Morgan fingerprint density at radius 3 is 3.11 bits per heavy atom. The summed E-state index contributed by atoms with van der Waals surface area (Å²) >= 11 is 0. The van der Waals surface area contributed by atoms with Gasteiger partial charge in [-0.2, -0.15) is 0 Å². The van der Waals surface area contributed by atoms with Crippen molar-refractivity contribution in [3.05, 3.63) is 42.2 Å². The summed E-state index contributed by atoms with van der Waals surface area (Å²) < 4.78 is 5.65. The molecule has 0 saturated carbocycles.